The van der Waals surface area contributed by atoms with E-state index in [1.807, 2.05) is 32.5 Å². The molecule has 2 N–H and O–H groups in total. The zero-order valence-electron chi connectivity index (χ0n) is 16.0. The number of carbonyl (C=O) groups excluding carboxylic acids is 1. The summed E-state index contributed by atoms with van der Waals surface area (Å²) in [6.45, 7) is 12.7. The molecule has 0 rings (SSSR count). The van der Waals surface area contributed by atoms with Crippen LogP contribution in [0, 0.1) is 11.8 Å². The maximum atomic E-state index is 11.7. The topological polar surface area (TPSA) is 50.4 Å². The van der Waals surface area contributed by atoms with Crippen molar-refractivity contribution in [1.82, 2.24) is 10.6 Å². The summed E-state index contributed by atoms with van der Waals surface area (Å²) in [5, 5.41) is 6.42. The Labute approximate surface area is 147 Å². The van der Waals surface area contributed by atoms with E-state index < -0.39 is 5.60 Å². The molecule has 0 aliphatic carbocycles. The van der Waals surface area contributed by atoms with Gasteiger partial charge < -0.3 is 15.4 Å². The van der Waals surface area contributed by atoms with E-state index in [-0.39, 0.29) is 6.09 Å². The molecule has 138 valence electrons. The Balaban J connectivity index is 3.80. The number of amides is 1. The van der Waals surface area contributed by atoms with Crippen molar-refractivity contribution in [3.05, 3.63) is 0 Å². The Morgan fingerprint density at radius 2 is 1.74 bits per heavy atom. The van der Waals surface area contributed by atoms with Crippen LogP contribution in [0.4, 0.5) is 4.79 Å². The molecule has 0 aromatic rings. The van der Waals surface area contributed by atoms with Crippen LogP contribution in [0.25, 0.3) is 0 Å². The number of nitrogens with one attached hydrogen (secondary N) is 2. The van der Waals surface area contributed by atoms with Crippen LogP contribution in [0.5, 0.6) is 0 Å². The summed E-state index contributed by atoms with van der Waals surface area (Å²) in [6, 6.07) is 0. The minimum absolute atomic E-state index is 0.322. The molecule has 1 unspecified atom stereocenters. The first-order valence-corrected chi connectivity index (χ1v) is 10.3. The van der Waals surface area contributed by atoms with Crippen molar-refractivity contribution >= 4 is 17.9 Å². The number of hydrogen-bond acceptors (Lipinski definition) is 4. The molecule has 0 saturated carbocycles. The standard InChI is InChI=1S/C18H38N2O2S/c1-15(2)16(14-20-17(21)22-18(3,4)5)13-19-11-9-7-8-10-12-23-6/h15-16,19H,7-14H2,1-6H3,(H,20,21). The zero-order chi connectivity index (χ0) is 17.7. The predicted molar refractivity (Wildman–Crippen MR) is 102 cm³/mol. The van der Waals surface area contributed by atoms with Crippen LogP contribution >= 0.6 is 11.8 Å². The first-order valence-electron chi connectivity index (χ1n) is 8.92. The maximum absolute atomic E-state index is 11.7. The molecule has 0 radical (unpaired) electrons. The summed E-state index contributed by atoms with van der Waals surface area (Å²) in [6.07, 6.45) is 7.04. The first-order chi connectivity index (χ1) is 10.8. The molecular weight excluding hydrogens is 308 g/mol. The highest BCUT2D eigenvalue weighted by Gasteiger charge is 2.18. The van der Waals surface area contributed by atoms with Gasteiger partial charge in [0.1, 0.15) is 5.60 Å². The molecule has 0 saturated heterocycles. The van der Waals surface area contributed by atoms with Crippen LogP contribution in [0.3, 0.4) is 0 Å². The second-order valence-electron chi connectivity index (χ2n) is 7.50. The van der Waals surface area contributed by atoms with E-state index in [2.05, 4.69) is 30.7 Å². The largest absolute Gasteiger partial charge is 0.444 e. The van der Waals surface area contributed by atoms with Crippen LogP contribution in [0.2, 0.25) is 0 Å². The molecule has 0 bridgehead atoms. The maximum Gasteiger partial charge on any atom is 0.407 e. The van der Waals surface area contributed by atoms with Crippen molar-refractivity contribution < 1.29 is 9.53 Å². The van der Waals surface area contributed by atoms with Gasteiger partial charge in [0.25, 0.3) is 0 Å². The molecule has 23 heavy (non-hydrogen) atoms. The molecule has 5 heteroatoms. The third-order valence-corrected chi connectivity index (χ3v) is 4.41. The second kappa shape index (κ2) is 12.9. The molecule has 0 spiro atoms. The van der Waals surface area contributed by atoms with E-state index in [1.54, 1.807) is 0 Å². The molecule has 4 nitrogen and oxygen atoms in total. The third kappa shape index (κ3) is 14.9. The Morgan fingerprint density at radius 1 is 1.09 bits per heavy atom. The monoisotopic (exact) mass is 346 g/mol. The SMILES string of the molecule is CSCCCCCCNCC(CNC(=O)OC(C)(C)C)C(C)C. The van der Waals surface area contributed by atoms with Gasteiger partial charge in [-0.15, -0.1) is 0 Å². The molecule has 0 fully saturated rings. The van der Waals surface area contributed by atoms with E-state index in [1.165, 1.54) is 31.4 Å². The minimum atomic E-state index is -0.439. The normalized spacial score (nSPS) is 13.2. The Morgan fingerprint density at radius 3 is 2.30 bits per heavy atom. The fourth-order valence-corrected chi connectivity index (χ4v) is 2.70. The average molecular weight is 347 g/mol. The summed E-state index contributed by atoms with van der Waals surface area (Å²) < 4.78 is 5.29. The lowest BCUT2D eigenvalue weighted by Crippen LogP contribution is -2.39. The van der Waals surface area contributed by atoms with Crippen molar-refractivity contribution in [1.29, 1.82) is 0 Å². The Kier molecular flexibility index (Phi) is 12.7. The molecule has 0 heterocycles. The smallest absolute Gasteiger partial charge is 0.407 e. The van der Waals surface area contributed by atoms with Crippen LogP contribution in [0.15, 0.2) is 0 Å². The van der Waals surface area contributed by atoms with Crippen molar-refractivity contribution in [3.63, 3.8) is 0 Å². The molecule has 1 amide bonds. The number of ether oxygens (including phenoxy) is 1. The molecular formula is C18H38N2O2S. The van der Waals surface area contributed by atoms with Crippen LogP contribution in [0.1, 0.15) is 60.3 Å². The Bertz CT molecular complexity index is 304. The highest BCUT2D eigenvalue weighted by Crippen LogP contribution is 2.10. The number of hydrogen-bond donors (Lipinski definition) is 2. The van der Waals surface area contributed by atoms with E-state index in [9.17, 15) is 4.79 Å². The molecule has 0 aromatic carbocycles. The van der Waals surface area contributed by atoms with Gasteiger partial charge in [0.15, 0.2) is 0 Å². The van der Waals surface area contributed by atoms with Gasteiger partial charge in [-0.25, -0.2) is 4.79 Å². The third-order valence-electron chi connectivity index (χ3n) is 3.71. The molecule has 0 aliphatic rings. The van der Waals surface area contributed by atoms with Crippen LogP contribution in [-0.2, 0) is 4.74 Å². The summed E-state index contributed by atoms with van der Waals surface area (Å²) in [4.78, 5) is 11.7. The van der Waals surface area contributed by atoms with Crippen molar-refractivity contribution in [2.75, 3.05) is 31.6 Å². The van der Waals surface area contributed by atoms with Crippen LogP contribution < -0.4 is 10.6 Å². The van der Waals surface area contributed by atoms with Crippen LogP contribution in [-0.4, -0.2) is 43.3 Å². The molecule has 0 aliphatic heterocycles. The van der Waals surface area contributed by atoms with Gasteiger partial charge >= 0.3 is 6.09 Å². The number of unbranched alkanes of at least 4 members (excludes halogenated alkanes) is 3. The molecule has 1 atom stereocenters. The second-order valence-corrected chi connectivity index (χ2v) is 8.48. The highest BCUT2D eigenvalue weighted by atomic mass is 32.2. The van der Waals surface area contributed by atoms with Gasteiger partial charge in [-0.3, -0.25) is 0 Å². The van der Waals surface area contributed by atoms with Gasteiger partial charge in [0.05, 0.1) is 0 Å². The fraction of sp³-hybridized carbons (Fsp3) is 0.944. The number of alkyl carbamates (subject to hydrolysis) is 1. The van der Waals surface area contributed by atoms with Crippen molar-refractivity contribution in [2.45, 2.75) is 65.9 Å². The average Bonchev–Trinajstić information content (AvgIpc) is 2.42. The van der Waals surface area contributed by atoms with E-state index in [4.69, 9.17) is 4.74 Å². The van der Waals surface area contributed by atoms with E-state index in [0.29, 0.717) is 18.4 Å². The van der Waals surface area contributed by atoms with E-state index in [0.717, 1.165) is 13.1 Å². The summed E-state index contributed by atoms with van der Waals surface area (Å²) >= 11 is 1.93. The van der Waals surface area contributed by atoms with Gasteiger partial charge in [-0.1, -0.05) is 26.7 Å². The number of rotatable bonds is 12. The Hall–Kier alpha value is -0.420. The van der Waals surface area contributed by atoms with Gasteiger partial charge in [-0.2, -0.15) is 11.8 Å². The summed E-state index contributed by atoms with van der Waals surface area (Å²) in [5.41, 5.74) is -0.439. The zero-order valence-corrected chi connectivity index (χ0v) is 16.9. The summed E-state index contributed by atoms with van der Waals surface area (Å²) in [7, 11) is 0. The quantitative estimate of drug-likeness (QED) is 0.517. The lowest BCUT2D eigenvalue weighted by atomic mass is 9.95. The van der Waals surface area contributed by atoms with Gasteiger partial charge in [0, 0.05) is 6.54 Å². The number of thioether (sulfide) groups is 1. The van der Waals surface area contributed by atoms with Gasteiger partial charge in [0.2, 0.25) is 0 Å². The van der Waals surface area contributed by atoms with Crippen molar-refractivity contribution in [2.24, 2.45) is 11.8 Å². The number of carbonyl (C=O) groups is 1. The minimum Gasteiger partial charge on any atom is -0.444 e. The predicted octanol–water partition coefficient (Wildman–Crippen LogP) is 4.30. The lowest BCUT2D eigenvalue weighted by molar-refractivity contribution is 0.0515. The highest BCUT2D eigenvalue weighted by molar-refractivity contribution is 7.98. The van der Waals surface area contributed by atoms with E-state index >= 15 is 0 Å². The van der Waals surface area contributed by atoms with Gasteiger partial charge in [-0.05, 0) is 70.5 Å². The summed E-state index contributed by atoms with van der Waals surface area (Å²) in [5.74, 6) is 2.23. The van der Waals surface area contributed by atoms with Crippen molar-refractivity contribution in [3.8, 4) is 0 Å². The first kappa shape index (κ1) is 22.6. The fourth-order valence-electron chi connectivity index (χ4n) is 2.21. The lowest BCUT2D eigenvalue weighted by Gasteiger charge is -2.24. The molecule has 0 aromatic heterocycles.